The summed E-state index contributed by atoms with van der Waals surface area (Å²) in [5, 5.41) is 12.4. The molecule has 1 atom stereocenters. The Morgan fingerprint density at radius 3 is 2.52 bits per heavy atom. The van der Waals surface area contributed by atoms with Crippen LogP contribution in [0.3, 0.4) is 0 Å². The summed E-state index contributed by atoms with van der Waals surface area (Å²) < 4.78 is 38.5. The fourth-order valence-electron chi connectivity index (χ4n) is 1.70. The van der Waals surface area contributed by atoms with Crippen molar-refractivity contribution >= 4 is 17.7 Å². The number of carbonyl (C=O) groups is 1. The Morgan fingerprint density at radius 2 is 1.95 bits per heavy atom. The van der Waals surface area contributed by atoms with E-state index in [2.05, 4.69) is 5.32 Å². The highest BCUT2D eigenvalue weighted by Gasteiger charge is 2.35. The molecule has 2 N–H and O–H groups in total. The summed E-state index contributed by atoms with van der Waals surface area (Å²) in [5.41, 5.74) is -2.57. The molecule has 1 aromatic rings. The van der Waals surface area contributed by atoms with Crippen molar-refractivity contribution in [2.75, 3.05) is 18.6 Å². The van der Waals surface area contributed by atoms with Gasteiger partial charge in [-0.1, -0.05) is 12.1 Å². The van der Waals surface area contributed by atoms with E-state index in [1.807, 2.05) is 6.26 Å². The zero-order valence-corrected chi connectivity index (χ0v) is 12.6. The molecule has 0 aliphatic heterocycles. The van der Waals surface area contributed by atoms with Gasteiger partial charge < -0.3 is 10.4 Å². The van der Waals surface area contributed by atoms with Crippen LogP contribution in [0.4, 0.5) is 13.2 Å². The number of nitrogens with one attached hydrogen (secondary N) is 1. The van der Waals surface area contributed by atoms with Crippen molar-refractivity contribution in [1.82, 2.24) is 5.32 Å². The second-order valence-corrected chi connectivity index (χ2v) is 5.95. The summed E-state index contributed by atoms with van der Waals surface area (Å²) in [6.45, 7) is 1.44. The molecule has 0 fully saturated rings. The maximum atomic E-state index is 12.8. The molecule has 0 aliphatic rings. The molecule has 0 bridgehead atoms. The zero-order chi connectivity index (χ0) is 16.1. The van der Waals surface area contributed by atoms with Gasteiger partial charge in [0.2, 0.25) is 0 Å². The Balaban J connectivity index is 2.77. The van der Waals surface area contributed by atoms with Gasteiger partial charge in [0.05, 0.1) is 16.7 Å². The first-order chi connectivity index (χ1) is 9.67. The van der Waals surface area contributed by atoms with Crippen LogP contribution in [0.2, 0.25) is 0 Å². The van der Waals surface area contributed by atoms with Crippen molar-refractivity contribution in [3.63, 3.8) is 0 Å². The second-order valence-electron chi connectivity index (χ2n) is 4.97. The van der Waals surface area contributed by atoms with Crippen LogP contribution in [0.15, 0.2) is 24.3 Å². The van der Waals surface area contributed by atoms with E-state index >= 15 is 0 Å². The van der Waals surface area contributed by atoms with Gasteiger partial charge in [0, 0.05) is 6.54 Å². The Hall–Kier alpha value is -1.21. The van der Waals surface area contributed by atoms with Gasteiger partial charge in [0.15, 0.2) is 0 Å². The summed E-state index contributed by atoms with van der Waals surface area (Å²) >= 11 is 1.54. The van der Waals surface area contributed by atoms with Crippen LogP contribution in [-0.4, -0.2) is 35.2 Å². The first kappa shape index (κ1) is 17.8. The molecule has 118 valence electrons. The predicted molar refractivity (Wildman–Crippen MR) is 77.4 cm³/mol. The van der Waals surface area contributed by atoms with E-state index in [0.29, 0.717) is 12.2 Å². The number of thioether (sulfide) groups is 1. The Labute approximate surface area is 125 Å². The number of hydrogen-bond donors (Lipinski definition) is 2. The average molecular weight is 321 g/mol. The summed E-state index contributed by atoms with van der Waals surface area (Å²) in [5.74, 6) is -0.144. The molecule has 0 aromatic heterocycles. The van der Waals surface area contributed by atoms with E-state index in [0.717, 1.165) is 12.1 Å². The van der Waals surface area contributed by atoms with Gasteiger partial charge in [-0.2, -0.15) is 24.9 Å². The summed E-state index contributed by atoms with van der Waals surface area (Å²) in [6, 6.07) is 4.58. The molecule has 7 heteroatoms. The third-order valence-electron chi connectivity index (χ3n) is 2.95. The predicted octanol–water partition coefficient (Wildman–Crippen LogP) is 2.94. The number of halogens is 3. The Bertz CT molecular complexity index is 489. The lowest BCUT2D eigenvalue weighted by molar-refractivity contribution is -0.137. The van der Waals surface area contributed by atoms with E-state index in [9.17, 15) is 23.1 Å². The number of alkyl halides is 3. The van der Waals surface area contributed by atoms with Crippen LogP contribution in [-0.2, 0) is 6.18 Å². The summed E-state index contributed by atoms with van der Waals surface area (Å²) in [7, 11) is 0. The largest absolute Gasteiger partial charge is 0.417 e. The standard InChI is InChI=1S/C14H18F3NO2S/c1-13(20,7-8-21-2)9-18-12(19)10-5-3-4-6-11(10)14(15,16)17/h3-6,20H,7-9H2,1-2H3,(H,18,19)/t13-/m0/s1. The van der Waals surface area contributed by atoms with E-state index in [1.165, 1.54) is 12.1 Å². The van der Waals surface area contributed by atoms with Crippen molar-refractivity contribution in [2.45, 2.75) is 25.1 Å². The lowest BCUT2D eigenvalue weighted by Gasteiger charge is -2.23. The third kappa shape index (κ3) is 5.59. The SMILES string of the molecule is CSCC[C@](C)(O)CNC(=O)c1ccccc1C(F)(F)F. The lowest BCUT2D eigenvalue weighted by atomic mass is 10.0. The normalized spacial score (nSPS) is 14.6. The Kier molecular flexibility index (Phi) is 6.10. The van der Waals surface area contributed by atoms with Gasteiger partial charge in [0.1, 0.15) is 0 Å². The van der Waals surface area contributed by atoms with Gasteiger partial charge >= 0.3 is 6.18 Å². The van der Waals surface area contributed by atoms with Gasteiger partial charge in [0.25, 0.3) is 5.91 Å². The van der Waals surface area contributed by atoms with E-state index in [-0.39, 0.29) is 6.54 Å². The molecule has 3 nitrogen and oxygen atoms in total. The molecule has 0 spiro atoms. The summed E-state index contributed by atoms with van der Waals surface area (Å²) in [4.78, 5) is 11.9. The number of benzene rings is 1. The smallest absolute Gasteiger partial charge is 0.388 e. The number of rotatable bonds is 6. The molecule has 0 saturated heterocycles. The van der Waals surface area contributed by atoms with Crippen LogP contribution in [0.25, 0.3) is 0 Å². The van der Waals surface area contributed by atoms with Gasteiger partial charge in [-0.3, -0.25) is 4.79 Å². The van der Waals surface area contributed by atoms with Crippen LogP contribution in [0.5, 0.6) is 0 Å². The molecule has 21 heavy (non-hydrogen) atoms. The van der Waals surface area contributed by atoms with Gasteiger partial charge in [-0.15, -0.1) is 0 Å². The monoisotopic (exact) mass is 321 g/mol. The molecule has 1 rings (SSSR count). The lowest BCUT2D eigenvalue weighted by Crippen LogP contribution is -2.41. The molecule has 0 aliphatic carbocycles. The first-order valence-electron chi connectivity index (χ1n) is 6.33. The molecular formula is C14H18F3NO2S. The summed E-state index contributed by atoms with van der Waals surface area (Å²) in [6.07, 6.45) is -2.26. The van der Waals surface area contributed by atoms with Crippen LogP contribution in [0.1, 0.15) is 29.3 Å². The van der Waals surface area contributed by atoms with Crippen molar-refractivity contribution in [3.8, 4) is 0 Å². The van der Waals surface area contributed by atoms with Crippen LogP contribution >= 0.6 is 11.8 Å². The molecule has 1 aromatic carbocycles. The van der Waals surface area contributed by atoms with Crippen LogP contribution < -0.4 is 5.32 Å². The van der Waals surface area contributed by atoms with Crippen LogP contribution in [0, 0.1) is 0 Å². The molecular weight excluding hydrogens is 303 g/mol. The molecule has 0 radical (unpaired) electrons. The quantitative estimate of drug-likeness (QED) is 0.847. The van der Waals surface area contributed by atoms with E-state index in [4.69, 9.17) is 0 Å². The highest BCUT2D eigenvalue weighted by Crippen LogP contribution is 2.31. The first-order valence-corrected chi connectivity index (χ1v) is 7.72. The number of hydrogen-bond acceptors (Lipinski definition) is 3. The highest BCUT2D eigenvalue weighted by atomic mass is 32.2. The second kappa shape index (κ2) is 7.17. The van der Waals surface area contributed by atoms with Gasteiger partial charge in [-0.25, -0.2) is 0 Å². The number of amides is 1. The topological polar surface area (TPSA) is 49.3 Å². The van der Waals surface area contributed by atoms with Gasteiger partial charge in [-0.05, 0) is 37.5 Å². The van der Waals surface area contributed by atoms with Crippen molar-refractivity contribution in [3.05, 3.63) is 35.4 Å². The van der Waals surface area contributed by atoms with Crippen molar-refractivity contribution in [1.29, 1.82) is 0 Å². The maximum Gasteiger partial charge on any atom is 0.417 e. The number of aliphatic hydroxyl groups is 1. The third-order valence-corrected chi connectivity index (χ3v) is 3.56. The van der Waals surface area contributed by atoms with Crippen molar-refractivity contribution < 1.29 is 23.1 Å². The van der Waals surface area contributed by atoms with E-state index in [1.54, 1.807) is 18.7 Å². The molecule has 0 unspecified atom stereocenters. The number of carbonyl (C=O) groups excluding carboxylic acids is 1. The minimum Gasteiger partial charge on any atom is -0.388 e. The molecule has 1 amide bonds. The molecule has 0 saturated carbocycles. The average Bonchev–Trinajstić information content (AvgIpc) is 2.42. The maximum absolute atomic E-state index is 12.8. The molecule has 0 heterocycles. The Morgan fingerprint density at radius 1 is 1.33 bits per heavy atom. The van der Waals surface area contributed by atoms with E-state index < -0.39 is 28.8 Å². The fraction of sp³-hybridized carbons (Fsp3) is 0.500. The fourth-order valence-corrected chi connectivity index (χ4v) is 2.35. The minimum absolute atomic E-state index is 0.0986. The zero-order valence-electron chi connectivity index (χ0n) is 11.8. The van der Waals surface area contributed by atoms with Crippen molar-refractivity contribution in [2.24, 2.45) is 0 Å². The minimum atomic E-state index is -4.59. The highest BCUT2D eigenvalue weighted by molar-refractivity contribution is 7.98.